The second kappa shape index (κ2) is 11.5. The highest BCUT2D eigenvalue weighted by atomic mass is 35.5. The Kier molecular flexibility index (Phi) is 8.00. The lowest BCUT2D eigenvalue weighted by Crippen LogP contribution is -2.19. The van der Waals surface area contributed by atoms with Gasteiger partial charge in [0.2, 0.25) is 5.91 Å². The number of benzene rings is 3. The minimum atomic E-state index is -0.921. The largest absolute Gasteiger partial charge is 0.484 e. The molecule has 188 valence electrons. The zero-order valence-electron chi connectivity index (χ0n) is 19.6. The van der Waals surface area contributed by atoms with E-state index < -0.39 is 23.7 Å². The first-order valence-corrected chi connectivity index (χ1v) is 11.6. The lowest BCUT2D eigenvalue weighted by Gasteiger charge is -2.20. The summed E-state index contributed by atoms with van der Waals surface area (Å²) >= 11 is 6.51. The number of hydrogen-bond donors (Lipinski definition) is 2. The Morgan fingerprint density at radius 3 is 2.38 bits per heavy atom. The van der Waals surface area contributed by atoms with Crippen molar-refractivity contribution in [2.24, 2.45) is 11.5 Å². The molecule has 7 nitrogen and oxygen atoms in total. The molecule has 0 spiro atoms. The van der Waals surface area contributed by atoms with Gasteiger partial charge in [-0.1, -0.05) is 54.1 Å². The summed E-state index contributed by atoms with van der Waals surface area (Å²) in [5.74, 6) is -2.16. The van der Waals surface area contributed by atoms with Crippen molar-refractivity contribution >= 4 is 23.6 Å². The Bertz CT molecular complexity index is 1420. The molecule has 4 N–H and O–H groups in total. The summed E-state index contributed by atoms with van der Waals surface area (Å²) in [6.45, 7) is -0.0414. The maximum absolute atomic E-state index is 15.9. The molecule has 0 saturated heterocycles. The number of amides is 2. The highest BCUT2D eigenvalue weighted by Gasteiger charge is 2.24. The Morgan fingerprint density at radius 1 is 0.946 bits per heavy atom. The molecule has 0 fully saturated rings. The van der Waals surface area contributed by atoms with E-state index in [2.05, 4.69) is 4.98 Å². The normalized spacial score (nSPS) is 11.5. The first-order chi connectivity index (χ1) is 17.8. The average molecular weight is 520 g/mol. The summed E-state index contributed by atoms with van der Waals surface area (Å²) in [6.07, 6.45) is 0.683. The van der Waals surface area contributed by atoms with Crippen LogP contribution < -0.4 is 16.2 Å². The van der Waals surface area contributed by atoms with Gasteiger partial charge in [0.1, 0.15) is 13.2 Å². The fourth-order valence-electron chi connectivity index (χ4n) is 3.96. The van der Waals surface area contributed by atoms with Crippen molar-refractivity contribution in [2.75, 3.05) is 6.61 Å². The molecule has 4 rings (SSSR count). The summed E-state index contributed by atoms with van der Waals surface area (Å²) in [7, 11) is 0. The molecule has 4 aromatic rings. The van der Waals surface area contributed by atoms with Gasteiger partial charge in [-0.25, -0.2) is 9.18 Å². The molecule has 0 aliphatic carbocycles. The van der Waals surface area contributed by atoms with Crippen molar-refractivity contribution in [1.29, 1.82) is 0 Å². The number of carbonyl (C=O) groups is 2. The van der Waals surface area contributed by atoms with Gasteiger partial charge in [0.25, 0.3) is 0 Å². The van der Waals surface area contributed by atoms with E-state index in [-0.39, 0.29) is 40.7 Å². The molecule has 1 unspecified atom stereocenters. The van der Waals surface area contributed by atoms with Gasteiger partial charge in [-0.05, 0) is 47.5 Å². The van der Waals surface area contributed by atoms with E-state index in [1.54, 1.807) is 42.6 Å². The molecular weight excluding hydrogens is 497 g/mol. The molecular formula is C28H23ClFN3O4. The molecule has 0 aliphatic heterocycles. The third-order valence-corrected chi connectivity index (χ3v) is 6.06. The number of primary amides is 2. The zero-order chi connectivity index (χ0) is 26.4. The number of aromatic nitrogens is 1. The maximum atomic E-state index is 15.9. The topological polar surface area (TPSA) is 118 Å². The Hall–Kier alpha value is -4.43. The van der Waals surface area contributed by atoms with E-state index in [1.165, 1.54) is 12.1 Å². The van der Waals surface area contributed by atoms with Crippen LogP contribution >= 0.6 is 11.6 Å². The van der Waals surface area contributed by atoms with Gasteiger partial charge in [0, 0.05) is 28.3 Å². The second-order valence-corrected chi connectivity index (χ2v) is 8.51. The molecule has 0 aliphatic rings. The molecule has 0 saturated carbocycles. The Balaban J connectivity index is 1.79. The second-order valence-electron chi connectivity index (χ2n) is 8.11. The van der Waals surface area contributed by atoms with Crippen LogP contribution in [-0.2, 0) is 11.3 Å². The molecule has 1 aromatic heterocycles. The van der Waals surface area contributed by atoms with Crippen LogP contribution in [0.25, 0.3) is 11.1 Å². The van der Waals surface area contributed by atoms with Crippen molar-refractivity contribution in [3.63, 3.8) is 0 Å². The first-order valence-electron chi connectivity index (χ1n) is 11.3. The van der Waals surface area contributed by atoms with E-state index in [9.17, 15) is 9.59 Å². The lowest BCUT2D eigenvalue weighted by molar-refractivity contribution is 0.1000. The fraction of sp³-hybridized carbons (Fsp3) is 0.107. The van der Waals surface area contributed by atoms with Gasteiger partial charge < -0.3 is 20.9 Å². The van der Waals surface area contributed by atoms with Crippen LogP contribution in [0.3, 0.4) is 0 Å². The van der Waals surface area contributed by atoms with Crippen molar-refractivity contribution < 1.29 is 23.5 Å². The average Bonchev–Trinajstić information content (AvgIpc) is 2.90. The molecule has 9 heteroatoms. The van der Waals surface area contributed by atoms with Crippen molar-refractivity contribution in [1.82, 2.24) is 4.98 Å². The Labute approximate surface area is 217 Å². The third kappa shape index (κ3) is 6.05. The number of rotatable bonds is 9. The molecule has 0 radical (unpaired) electrons. The summed E-state index contributed by atoms with van der Waals surface area (Å²) in [5.41, 5.74) is 12.9. The highest BCUT2D eigenvalue weighted by molar-refractivity contribution is 6.33. The van der Waals surface area contributed by atoms with E-state index in [0.29, 0.717) is 11.3 Å². The third-order valence-electron chi connectivity index (χ3n) is 5.73. The molecule has 37 heavy (non-hydrogen) atoms. The summed E-state index contributed by atoms with van der Waals surface area (Å²) in [4.78, 5) is 27.8. The number of carbonyl (C=O) groups excluding carboxylic acids is 2. The summed E-state index contributed by atoms with van der Waals surface area (Å²) in [6, 6.07) is 22.3. The molecule has 2 amide bonds. The minimum Gasteiger partial charge on any atom is -0.484 e. The van der Waals surface area contributed by atoms with E-state index in [4.69, 9.17) is 32.5 Å². The van der Waals surface area contributed by atoms with E-state index in [1.807, 2.05) is 30.3 Å². The van der Waals surface area contributed by atoms with E-state index >= 15 is 4.39 Å². The maximum Gasteiger partial charge on any atom is 0.404 e. The number of nitrogens with two attached hydrogens (primary N) is 2. The van der Waals surface area contributed by atoms with Crippen LogP contribution in [0.1, 0.15) is 33.1 Å². The summed E-state index contributed by atoms with van der Waals surface area (Å²) in [5, 5.41) is 0.189. The van der Waals surface area contributed by atoms with Gasteiger partial charge in [-0.3, -0.25) is 9.78 Å². The minimum absolute atomic E-state index is 0.0153. The van der Waals surface area contributed by atoms with Crippen LogP contribution in [0.5, 0.6) is 5.75 Å². The standard InChI is InChI=1S/C28H23ClFN3O4/c29-23-11-9-18(22(16-37-28(32)35)17-6-2-1-3-7-17)14-21(23)25-20(27(31)34)10-12-24(26(25)30)36-15-19-8-4-5-13-33-19/h1-14,22H,15-16H2,(H2,31,34)(H2,32,35). The monoisotopic (exact) mass is 519 g/mol. The van der Waals surface area contributed by atoms with Crippen LogP contribution in [0.15, 0.2) is 85.1 Å². The predicted octanol–water partition coefficient (Wildman–Crippen LogP) is 5.45. The number of hydrogen-bond acceptors (Lipinski definition) is 5. The smallest absolute Gasteiger partial charge is 0.404 e. The number of ether oxygens (including phenoxy) is 2. The SMILES string of the molecule is NC(=O)OCC(c1ccccc1)c1ccc(Cl)c(-c2c(C(N)=O)ccc(OCc3ccccn3)c2F)c1. The molecule has 0 bridgehead atoms. The van der Waals surface area contributed by atoms with Gasteiger partial charge in [-0.2, -0.15) is 0 Å². The highest BCUT2D eigenvalue weighted by Crippen LogP contribution is 2.39. The van der Waals surface area contributed by atoms with Crippen LogP contribution in [0.4, 0.5) is 9.18 Å². The van der Waals surface area contributed by atoms with Gasteiger partial charge in [-0.15, -0.1) is 0 Å². The summed E-state index contributed by atoms with van der Waals surface area (Å²) < 4.78 is 26.6. The molecule has 1 atom stereocenters. The van der Waals surface area contributed by atoms with Gasteiger partial charge >= 0.3 is 6.09 Å². The number of pyridine rings is 1. The first kappa shape index (κ1) is 25.7. The van der Waals surface area contributed by atoms with Crippen LogP contribution in [0, 0.1) is 5.82 Å². The molecule has 3 aromatic carbocycles. The van der Waals surface area contributed by atoms with Crippen molar-refractivity contribution in [3.05, 3.63) is 118 Å². The van der Waals surface area contributed by atoms with E-state index in [0.717, 1.165) is 5.56 Å². The molecule has 1 heterocycles. The van der Waals surface area contributed by atoms with Crippen molar-refractivity contribution in [2.45, 2.75) is 12.5 Å². The lowest BCUT2D eigenvalue weighted by atomic mass is 9.88. The predicted molar refractivity (Wildman–Crippen MR) is 138 cm³/mol. The number of halogens is 2. The van der Waals surface area contributed by atoms with Gasteiger partial charge in [0.15, 0.2) is 11.6 Å². The Morgan fingerprint density at radius 2 is 1.70 bits per heavy atom. The van der Waals surface area contributed by atoms with Crippen LogP contribution in [-0.4, -0.2) is 23.6 Å². The van der Waals surface area contributed by atoms with Crippen molar-refractivity contribution in [3.8, 4) is 16.9 Å². The quantitative estimate of drug-likeness (QED) is 0.305. The fourth-order valence-corrected chi connectivity index (χ4v) is 4.17. The number of nitrogens with zero attached hydrogens (tertiary/aromatic N) is 1. The van der Waals surface area contributed by atoms with Crippen LogP contribution in [0.2, 0.25) is 5.02 Å². The van der Waals surface area contributed by atoms with Gasteiger partial charge in [0.05, 0.1) is 11.3 Å². The zero-order valence-corrected chi connectivity index (χ0v) is 20.3.